The Hall–Kier alpha value is -2.51. The van der Waals surface area contributed by atoms with Crippen LogP contribution in [-0.2, 0) is 31.2 Å². The van der Waals surface area contributed by atoms with E-state index in [1.54, 1.807) is 16.9 Å². The maximum Gasteiger partial charge on any atom is 0.268 e. The topological polar surface area (TPSA) is 59.1 Å². The summed E-state index contributed by atoms with van der Waals surface area (Å²) in [5.41, 5.74) is 3.99. The van der Waals surface area contributed by atoms with Crippen molar-refractivity contribution in [3.63, 3.8) is 0 Å². The summed E-state index contributed by atoms with van der Waals surface area (Å²) in [6, 6.07) is 14.1. The smallest absolute Gasteiger partial charge is 0.268 e. The van der Waals surface area contributed by atoms with Gasteiger partial charge in [0.25, 0.3) is 5.91 Å². The highest BCUT2D eigenvalue weighted by Gasteiger charge is 2.59. The Morgan fingerprint density at radius 2 is 1.84 bits per heavy atom. The average Bonchev–Trinajstić information content (AvgIpc) is 3.31. The van der Waals surface area contributed by atoms with Gasteiger partial charge in [0, 0.05) is 25.0 Å². The van der Waals surface area contributed by atoms with Crippen molar-refractivity contribution in [2.45, 2.75) is 37.6 Å². The van der Waals surface area contributed by atoms with Crippen molar-refractivity contribution in [2.75, 3.05) is 38.0 Å². The van der Waals surface area contributed by atoms with Crippen LogP contribution in [0.3, 0.4) is 0 Å². The molecule has 0 bridgehead atoms. The van der Waals surface area contributed by atoms with Crippen LogP contribution >= 0.6 is 11.8 Å². The molecule has 32 heavy (non-hydrogen) atoms. The van der Waals surface area contributed by atoms with Crippen LogP contribution in [0.5, 0.6) is 5.75 Å². The fraction of sp³-hybridized carbons (Fsp3) is 0.440. The van der Waals surface area contributed by atoms with Gasteiger partial charge in [0.05, 0.1) is 19.3 Å². The molecule has 1 saturated heterocycles. The molecule has 1 atom stereocenters. The Bertz CT molecular complexity index is 1030. The minimum atomic E-state index is -1.08. The van der Waals surface area contributed by atoms with Gasteiger partial charge in [-0.05, 0) is 34.7 Å². The average molecular weight is 455 g/mol. The van der Waals surface area contributed by atoms with Crippen molar-refractivity contribution in [2.24, 2.45) is 0 Å². The van der Waals surface area contributed by atoms with E-state index in [2.05, 4.69) is 45.0 Å². The molecule has 170 valence electrons. The van der Waals surface area contributed by atoms with Gasteiger partial charge < -0.3 is 19.3 Å². The summed E-state index contributed by atoms with van der Waals surface area (Å²) < 4.78 is 10.5. The first kappa shape index (κ1) is 22.7. The lowest BCUT2D eigenvalue weighted by Crippen LogP contribution is -2.51. The summed E-state index contributed by atoms with van der Waals surface area (Å²) >= 11 is 1.51. The van der Waals surface area contributed by atoms with Crippen LogP contribution < -0.4 is 9.64 Å². The first-order valence-electron chi connectivity index (χ1n) is 10.8. The third-order valence-electron chi connectivity index (χ3n) is 6.13. The Morgan fingerprint density at radius 1 is 1.12 bits per heavy atom. The molecule has 0 aliphatic carbocycles. The number of anilines is 1. The maximum absolute atomic E-state index is 14.0. The van der Waals surface area contributed by atoms with Gasteiger partial charge in [-0.15, -0.1) is 11.8 Å². The Labute approximate surface area is 193 Å². The fourth-order valence-electron chi connectivity index (χ4n) is 4.43. The molecular formula is C25H30N2O4S. The molecule has 2 aromatic carbocycles. The molecular weight excluding hydrogens is 424 g/mol. The molecule has 2 aromatic rings. The second-order valence-electron chi connectivity index (χ2n) is 9.19. The number of benzene rings is 2. The molecule has 2 aliphatic heterocycles. The molecule has 2 aliphatic rings. The third-order valence-corrected chi connectivity index (χ3v) is 7.55. The van der Waals surface area contributed by atoms with E-state index >= 15 is 0 Å². The Balaban J connectivity index is 1.74. The van der Waals surface area contributed by atoms with Crippen LogP contribution in [0.2, 0.25) is 0 Å². The molecule has 1 spiro atoms. The number of ether oxygens (including phenoxy) is 2. The molecule has 0 N–H and O–H groups in total. The predicted molar refractivity (Wildman–Crippen MR) is 127 cm³/mol. The second kappa shape index (κ2) is 8.45. The van der Waals surface area contributed by atoms with Gasteiger partial charge in [-0.25, -0.2) is 0 Å². The monoisotopic (exact) mass is 454 g/mol. The SMILES string of the molecule is COCC(=O)N1CCS[C@]12C(=O)N(Cc1ccc(C(C)(C)C)cc1)c1ccc(OC)cc12. The van der Waals surface area contributed by atoms with Gasteiger partial charge in [-0.1, -0.05) is 45.0 Å². The lowest BCUT2D eigenvalue weighted by molar-refractivity contribution is -0.143. The number of amides is 2. The van der Waals surface area contributed by atoms with E-state index in [1.807, 2.05) is 18.2 Å². The van der Waals surface area contributed by atoms with Crippen molar-refractivity contribution in [1.29, 1.82) is 0 Å². The lowest BCUT2D eigenvalue weighted by Gasteiger charge is -2.33. The predicted octanol–water partition coefficient (Wildman–Crippen LogP) is 3.91. The number of rotatable bonds is 5. The molecule has 0 saturated carbocycles. The zero-order chi connectivity index (χ0) is 23.1. The highest BCUT2D eigenvalue weighted by Crippen LogP contribution is 2.55. The minimum Gasteiger partial charge on any atom is -0.497 e. The first-order chi connectivity index (χ1) is 15.2. The number of carbonyl (C=O) groups excluding carboxylic acids is 2. The largest absolute Gasteiger partial charge is 0.497 e. The van der Waals surface area contributed by atoms with Crippen molar-refractivity contribution < 1.29 is 19.1 Å². The van der Waals surface area contributed by atoms with E-state index in [1.165, 1.54) is 24.4 Å². The standard InChI is InChI=1S/C25H30N2O4S/c1-24(2,3)18-8-6-17(7-9-18)15-26-21-11-10-19(31-5)14-20(21)25(23(26)29)27(12-13-32-25)22(28)16-30-4/h6-11,14H,12-13,15-16H2,1-5H3/t25-/m1/s1. The summed E-state index contributed by atoms with van der Waals surface area (Å²) in [5.74, 6) is 1.08. The number of thioether (sulfide) groups is 1. The van der Waals surface area contributed by atoms with Crippen molar-refractivity contribution in [1.82, 2.24) is 4.90 Å². The van der Waals surface area contributed by atoms with Crippen LogP contribution in [0, 0.1) is 0 Å². The molecule has 7 heteroatoms. The van der Waals surface area contributed by atoms with Gasteiger partial charge in [0.1, 0.15) is 12.4 Å². The molecule has 2 amide bonds. The van der Waals surface area contributed by atoms with Gasteiger partial charge in [-0.2, -0.15) is 0 Å². The molecule has 6 nitrogen and oxygen atoms in total. The molecule has 1 fully saturated rings. The van der Waals surface area contributed by atoms with Crippen LogP contribution in [0.15, 0.2) is 42.5 Å². The zero-order valence-electron chi connectivity index (χ0n) is 19.3. The highest BCUT2D eigenvalue weighted by atomic mass is 32.2. The maximum atomic E-state index is 14.0. The molecule has 0 radical (unpaired) electrons. The number of methoxy groups -OCH3 is 2. The molecule has 2 heterocycles. The number of carbonyl (C=O) groups is 2. The summed E-state index contributed by atoms with van der Waals surface area (Å²) in [7, 11) is 3.10. The van der Waals surface area contributed by atoms with E-state index in [0.29, 0.717) is 24.6 Å². The Kier molecular flexibility index (Phi) is 5.98. The van der Waals surface area contributed by atoms with E-state index in [9.17, 15) is 9.59 Å². The normalized spacial score (nSPS) is 20.2. The van der Waals surface area contributed by atoms with Crippen molar-refractivity contribution in [3.8, 4) is 5.75 Å². The lowest BCUT2D eigenvalue weighted by atomic mass is 9.87. The van der Waals surface area contributed by atoms with Crippen molar-refractivity contribution >= 4 is 29.3 Å². The van der Waals surface area contributed by atoms with Gasteiger partial charge in [0.2, 0.25) is 5.91 Å². The number of hydrogen-bond acceptors (Lipinski definition) is 5. The van der Waals surface area contributed by atoms with Crippen molar-refractivity contribution in [3.05, 3.63) is 59.2 Å². The van der Waals surface area contributed by atoms with Gasteiger partial charge in [0.15, 0.2) is 4.87 Å². The zero-order valence-corrected chi connectivity index (χ0v) is 20.1. The van der Waals surface area contributed by atoms with E-state index in [4.69, 9.17) is 9.47 Å². The van der Waals surface area contributed by atoms with Crippen LogP contribution in [-0.4, -0.2) is 49.8 Å². The van der Waals surface area contributed by atoms with Crippen LogP contribution in [0.4, 0.5) is 5.69 Å². The highest BCUT2D eigenvalue weighted by molar-refractivity contribution is 8.01. The van der Waals surface area contributed by atoms with Gasteiger partial charge >= 0.3 is 0 Å². The first-order valence-corrected chi connectivity index (χ1v) is 11.7. The van der Waals surface area contributed by atoms with Gasteiger partial charge in [-0.3, -0.25) is 9.59 Å². The van der Waals surface area contributed by atoms with E-state index < -0.39 is 4.87 Å². The third kappa shape index (κ3) is 3.67. The summed E-state index contributed by atoms with van der Waals surface area (Å²) in [6.45, 7) is 7.44. The quantitative estimate of drug-likeness (QED) is 0.686. The second-order valence-corrected chi connectivity index (χ2v) is 10.5. The summed E-state index contributed by atoms with van der Waals surface area (Å²) in [5, 5.41) is 0. The number of hydrogen-bond donors (Lipinski definition) is 0. The minimum absolute atomic E-state index is 0.0524. The molecule has 4 rings (SSSR count). The fourth-order valence-corrected chi connectivity index (χ4v) is 5.90. The summed E-state index contributed by atoms with van der Waals surface area (Å²) in [6.07, 6.45) is 0. The van der Waals surface area contributed by atoms with E-state index in [0.717, 1.165) is 16.8 Å². The Morgan fingerprint density at radius 3 is 2.47 bits per heavy atom. The number of fused-ring (bicyclic) bond motifs is 2. The van der Waals surface area contributed by atoms with Crippen LogP contribution in [0.25, 0.3) is 0 Å². The van der Waals surface area contributed by atoms with E-state index in [-0.39, 0.29) is 23.8 Å². The molecule has 0 unspecified atom stereocenters. The van der Waals surface area contributed by atoms with Crippen LogP contribution in [0.1, 0.15) is 37.5 Å². The molecule has 0 aromatic heterocycles. The number of nitrogens with zero attached hydrogens (tertiary/aromatic N) is 2. The summed E-state index contributed by atoms with van der Waals surface area (Å²) in [4.78, 5) is 29.3.